The Hall–Kier alpha value is -4.04. The second-order valence-electron chi connectivity index (χ2n) is 8.38. The number of nitrogens with zero attached hydrogens (tertiary/aromatic N) is 2. The molecule has 0 saturated carbocycles. The van der Waals surface area contributed by atoms with Gasteiger partial charge in [0.15, 0.2) is 6.61 Å². The summed E-state index contributed by atoms with van der Waals surface area (Å²) in [6.07, 6.45) is 0. The largest absolute Gasteiger partial charge is 0.497 e. The summed E-state index contributed by atoms with van der Waals surface area (Å²) >= 11 is 0. The third kappa shape index (κ3) is 6.74. The van der Waals surface area contributed by atoms with Crippen molar-refractivity contribution in [2.75, 3.05) is 62.5 Å². The number of hydrogen-bond acceptors (Lipinski definition) is 6. The van der Waals surface area contributed by atoms with Crippen molar-refractivity contribution in [3.05, 3.63) is 78.4 Å². The molecule has 0 aliphatic carbocycles. The number of carbonyl (C=O) groups is 2. The molecule has 2 N–H and O–H groups in total. The molecule has 0 bridgehead atoms. The van der Waals surface area contributed by atoms with Crippen LogP contribution in [0.15, 0.2) is 72.8 Å². The normalized spacial score (nSPS) is 13.7. The quantitative estimate of drug-likeness (QED) is 0.518. The highest BCUT2D eigenvalue weighted by Gasteiger charge is 2.14. The summed E-state index contributed by atoms with van der Waals surface area (Å²) in [4.78, 5) is 29.5. The average molecular weight is 475 g/mol. The van der Waals surface area contributed by atoms with Crippen LogP contribution in [0.3, 0.4) is 0 Å². The molecule has 1 aliphatic heterocycles. The molecule has 0 spiro atoms. The van der Waals surface area contributed by atoms with Crippen LogP contribution in [0.2, 0.25) is 0 Å². The summed E-state index contributed by atoms with van der Waals surface area (Å²) in [5.41, 5.74) is 3.03. The summed E-state index contributed by atoms with van der Waals surface area (Å²) in [6.45, 7) is 3.94. The van der Waals surface area contributed by atoms with E-state index in [4.69, 9.17) is 9.47 Å². The molecule has 8 heteroatoms. The van der Waals surface area contributed by atoms with Crippen molar-refractivity contribution in [2.24, 2.45) is 0 Å². The molecule has 0 radical (unpaired) electrons. The summed E-state index contributed by atoms with van der Waals surface area (Å²) in [5, 5.41) is 5.68. The molecular weight excluding hydrogens is 444 g/mol. The molecule has 0 unspecified atom stereocenters. The Balaban J connectivity index is 1.25. The zero-order valence-electron chi connectivity index (χ0n) is 20.0. The third-order valence-electron chi connectivity index (χ3n) is 5.83. The van der Waals surface area contributed by atoms with Crippen LogP contribution in [0.25, 0.3) is 0 Å². The van der Waals surface area contributed by atoms with Crippen LogP contribution >= 0.6 is 0 Å². The van der Waals surface area contributed by atoms with Crippen LogP contribution in [0, 0.1) is 0 Å². The minimum absolute atomic E-state index is 0.150. The maximum absolute atomic E-state index is 12.6. The Morgan fingerprint density at radius 2 is 1.54 bits per heavy atom. The predicted molar refractivity (Wildman–Crippen MR) is 138 cm³/mol. The number of anilines is 3. The van der Waals surface area contributed by atoms with Crippen LogP contribution in [0.4, 0.5) is 17.1 Å². The fourth-order valence-electron chi connectivity index (χ4n) is 3.77. The van der Waals surface area contributed by atoms with Gasteiger partial charge in [0.25, 0.3) is 11.8 Å². The number of ether oxygens (including phenoxy) is 2. The second kappa shape index (κ2) is 11.4. The maximum Gasteiger partial charge on any atom is 0.262 e. The number of piperazine rings is 1. The van der Waals surface area contributed by atoms with Crippen LogP contribution in [0.5, 0.6) is 11.5 Å². The van der Waals surface area contributed by atoms with Gasteiger partial charge in [0.1, 0.15) is 11.5 Å². The topological polar surface area (TPSA) is 83.1 Å². The summed E-state index contributed by atoms with van der Waals surface area (Å²) in [7, 11) is 3.70. The fraction of sp³-hybridized carbons (Fsp3) is 0.259. The first-order valence-corrected chi connectivity index (χ1v) is 11.5. The van der Waals surface area contributed by atoms with E-state index >= 15 is 0 Å². The Morgan fingerprint density at radius 3 is 2.23 bits per heavy atom. The number of methoxy groups -OCH3 is 1. The summed E-state index contributed by atoms with van der Waals surface area (Å²) in [5.74, 6) is 0.655. The number of rotatable bonds is 8. The van der Waals surface area contributed by atoms with Crippen LogP contribution < -0.4 is 25.0 Å². The van der Waals surface area contributed by atoms with Crippen molar-refractivity contribution < 1.29 is 19.1 Å². The van der Waals surface area contributed by atoms with Crippen molar-refractivity contribution in [3.8, 4) is 11.5 Å². The van der Waals surface area contributed by atoms with E-state index in [1.807, 2.05) is 24.3 Å². The number of hydrogen-bond donors (Lipinski definition) is 2. The van der Waals surface area contributed by atoms with Crippen LogP contribution in [0.1, 0.15) is 10.4 Å². The lowest BCUT2D eigenvalue weighted by Crippen LogP contribution is -2.44. The van der Waals surface area contributed by atoms with Crippen LogP contribution in [-0.2, 0) is 4.79 Å². The van der Waals surface area contributed by atoms with E-state index in [-0.39, 0.29) is 18.4 Å². The monoisotopic (exact) mass is 474 g/mol. The fourth-order valence-corrected chi connectivity index (χ4v) is 3.77. The second-order valence-corrected chi connectivity index (χ2v) is 8.38. The maximum atomic E-state index is 12.6. The number of amides is 2. The Kier molecular flexibility index (Phi) is 7.84. The molecule has 4 rings (SSSR count). The number of benzene rings is 3. The third-order valence-corrected chi connectivity index (χ3v) is 5.83. The molecule has 1 saturated heterocycles. The molecule has 1 aliphatic rings. The van der Waals surface area contributed by atoms with E-state index < -0.39 is 0 Å². The van der Waals surface area contributed by atoms with Gasteiger partial charge in [0.2, 0.25) is 0 Å². The number of carbonyl (C=O) groups excluding carboxylic acids is 2. The molecule has 35 heavy (non-hydrogen) atoms. The highest BCUT2D eigenvalue weighted by atomic mass is 16.5. The summed E-state index contributed by atoms with van der Waals surface area (Å²) in [6, 6.07) is 21.7. The molecule has 1 heterocycles. The first kappa shape index (κ1) is 24.1. The smallest absolute Gasteiger partial charge is 0.262 e. The van der Waals surface area contributed by atoms with Gasteiger partial charge < -0.3 is 29.9 Å². The molecule has 8 nitrogen and oxygen atoms in total. The Labute approximate surface area is 205 Å². The molecule has 2 amide bonds. The highest BCUT2D eigenvalue weighted by Crippen LogP contribution is 2.21. The predicted octanol–water partition coefficient (Wildman–Crippen LogP) is 3.72. The van der Waals surface area contributed by atoms with E-state index in [1.54, 1.807) is 55.6 Å². The molecular formula is C27H30N4O4. The standard InChI is InChI=1S/C27H30N4O4/c1-30-14-16-31(17-15-30)23-10-8-21(9-11-23)29-27(33)20-6-12-24(13-7-20)35-19-26(32)28-22-4-3-5-25(18-22)34-2/h3-13,18H,14-17,19H2,1-2H3,(H,28,32)(H,29,33). The summed E-state index contributed by atoms with van der Waals surface area (Å²) < 4.78 is 10.7. The van der Waals surface area contributed by atoms with E-state index in [0.717, 1.165) is 37.6 Å². The van der Waals surface area contributed by atoms with Gasteiger partial charge in [-0.3, -0.25) is 9.59 Å². The van der Waals surface area contributed by atoms with Gasteiger partial charge in [0, 0.05) is 54.9 Å². The molecule has 0 aromatic heterocycles. The number of nitrogens with one attached hydrogen (secondary N) is 2. The van der Waals surface area contributed by atoms with Gasteiger partial charge in [-0.1, -0.05) is 6.07 Å². The molecule has 3 aromatic rings. The SMILES string of the molecule is COc1cccc(NC(=O)COc2ccc(C(=O)Nc3ccc(N4CCN(C)CC4)cc3)cc2)c1. The minimum atomic E-state index is -0.292. The first-order valence-electron chi connectivity index (χ1n) is 11.5. The molecule has 182 valence electrons. The zero-order valence-corrected chi connectivity index (χ0v) is 20.0. The number of likely N-dealkylation sites (N-methyl/N-ethyl adjacent to an activating group) is 1. The lowest BCUT2D eigenvalue weighted by molar-refractivity contribution is -0.118. The lowest BCUT2D eigenvalue weighted by Gasteiger charge is -2.34. The molecule has 0 atom stereocenters. The van der Waals surface area contributed by atoms with E-state index in [9.17, 15) is 9.59 Å². The molecule has 1 fully saturated rings. The lowest BCUT2D eigenvalue weighted by atomic mass is 10.2. The Bertz CT molecular complexity index is 1140. The average Bonchev–Trinajstić information content (AvgIpc) is 2.89. The van der Waals surface area contributed by atoms with Crippen LogP contribution in [-0.4, -0.2) is 63.7 Å². The van der Waals surface area contributed by atoms with Gasteiger partial charge in [0.05, 0.1) is 7.11 Å². The van der Waals surface area contributed by atoms with Gasteiger partial charge in [-0.15, -0.1) is 0 Å². The van der Waals surface area contributed by atoms with E-state index in [0.29, 0.717) is 22.7 Å². The van der Waals surface area contributed by atoms with Gasteiger partial charge in [-0.05, 0) is 67.7 Å². The van der Waals surface area contributed by atoms with Gasteiger partial charge in [-0.2, -0.15) is 0 Å². The highest BCUT2D eigenvalue weighted by molar-refractivity contribution is 6.04. The van der Waals surface area contributed by atoms with E-state index in [2.05, 4.69) is 27.5 Å². The van der Waals surface area contributed by atoms with Crippen molar-refractivity contribution >= 4 is 28.9 Å². The minimum Gasteiger partial charge on any atom is -0.497 e. The first-order chi connectivity index (χ1) is 17.0. The zero-order chi connectivity index (χ0) is 24.6. The van der Waals surface area contributed by atoms with E-state index in [1.165, 1.54) is 0 Å². The van der Waals surface area contributed by atoms with Crippen molar-refractivity contribution in [1.29, 1.82) is 0 Å². The van der Waals surface area contributed by atoms with Crippen molar-refractivity contribution in [2.45, 2.75) is 0 Å². The Morgan fingerprint density at radius 1 is 0.829 bits per heavy atom. The molecule has 3 aromatic carbocycles. The van der Waals surface area contributed by atoms with Gasteiger partial charge in [-0.25, -0.2) is 0 Å². The van der Waals surface area contributed by atoms with Crippen molar-refractivity contribution in [3.63, 3.8) is 0 Å². The van der Waals surface area contributed by atoms with Crippen molar-refractivity contribution in [1.82, 2.24) is 4.90 Å². The van der Waals surface area contributed by atoms with Gasteiger partial charge >= 0.3 is 0 Å².